The number of amides is 1. The Morgan fingerprint density at radius 3 is 2.00 bits per heavy atom. The quantitative estimate of drug-likeness (QED) is 0.645. The van der Waals surface area contributed by atoms with Crippen molar-refractivity contribution in [2.75, 3.05) is 0 Å². The number of rotatable bonds is 1. The molecule has 0 saturated carbocycles. The SMILES string of the molecule is CC(C)C1C(=O)C(=O)NC1C(C)(C)C. The number of carbonyl (C=O) groups excluding carboxylic acids is 2. The van der Waals surface area contributed by atoms with E-state index in [2.05, 4.69) is 5.32 Å². The van der Waals surface area contributed by atoms with Gasteiger partial charge in [-0.2, -0.15) is 0 Å². The van der Waals surface area contributed by atoms with Crippen LogP contribution in [0.1, 0.15) is 34.6 Å². The lowest BCUT2D eigenvalue weighted by molar-refractivity contribution is -0.137. The summed E-state index contributed by atoms with van der Waals surface area (Å²) in [4.78, 5) is 22.9. The molecule has 0 aromatic heterocycles. The van der Waals surface area contributed by atoms with Crippen molar-refractivity contribution in [3.63, 3.8) is 0 Å². The van der Waals surface area contributed by atoms with E-state index < -0.39 is 5.91 Å². The summed E-state index contributed by atoms with van der Waals surface area (Å²) in [5.74, 6) is -0.614. The van der Waals surface area contributed by atoms with E-state index in [9.17, 15) is 9.59 Å². The van der Waals surface area contributed by atoms with E-state index in [4.69, 9.17) is 0 Å². The average Bonchev–Trinajstić information content (AvgIpc) is 2.27. The molecule has 0 spiro atoms. The summed E-state index contributed by atoms with van der Waals surface area (Å²) in [6, 6.07) is -0.0255. The van der Waals surface area contributed by atoms with Gasteiger partial charge in [0.15, 0.2) is 0 Å². The smallest absolute Gasteiger partial charge is 0.288 e. The molecule has 2 atom stereocenters. The van der Waals surface area contributed by atoms with Crippen LogP contribution in [0.4, 0.5) is 0 Å². The zero-order valence-corrected chi connectivity index (χ0v) is 9.55. The van der Waals surface area contributed by atoms with E-state index in [1.807, 2.05) is 34.6 Å². The first-order chi connectivity index (χ1) is 6.25. The van der Waals surface area contributed by atoms with Gasteiger partial charge >= 0.3 is 0 Å². The van der Waals surface area contributed by atoms with Crippen LogP contribution < -0.4 is 5.32 Å². The summed E-state index contributed by atoms with van der Waals surface area (Å²) in [6.07, 6.45) is 0. The zero-order chi connectivity index (χ0) is 11.1. The van der Waals surface area contributed by atoms with E-state index in [0.717, 1.165) is 0 Å². The standard InChI is InChI=1S/C11H19NO2/c1-6(2)7-8(13)10(14)12-9(7)11(3,4)5/h6-7,9H,1-5H3,(H,12,14). The number of Topliss-reactive ketones (excluding diaryl/α,β-unsaturated/α-hetero) is 1. The van der Waals surface area contributed by atoms with Gasteiger partial charge in [-0.3, -0.25) is 9.59 Å². The van der Waals surface area contributed by atoms with Gasteiger partial charge < -0.3 is 5.32 Å². The monoisotopic (exact) mass is 197 g/mol. The topological polar surface area (TPSA) is 46.2 Å². The second kappa shape index (κ2) is 3.37. The van der Waals surface area contributed by atoms with Gasteiger partial charge in [0, 0.05) is 6.04 Å². The fourth-order valence-electron chi connectivity index (χ4n) is 2.05. The molecule has 1 saturated heterocycles. The molecule has 1 amide bonds. The summed E-state index contributed by atoms with van der Waals surface area (Å²) >= 11 is 0. The fourth-order valence-corrected chi connectivity index (χ4v) is 2.05. The Hall–Kier alpha value is -0.860. The lowest BCUT2D eigenvalue weighted by atomic mass is 9.75. The molecule has 1 heterocycles. The van der Waals surface area contributed by atoms with Gasteiger partial charge in [0.05, 0.1) is 5.92 Å². The van der Waals surface area contributed by atoms with Crippen LogP contribution >= 0.6 is 0 Å². The van der Waals surface area contributed by atoms with Crippen LogP contribution in [-0.2, 0) is 9.59 Å². The van der Waals surface area contributed by atoms with E-state index >= 15 is 0 Å². The Morgan fingerprint density at radius 1 is 1.21 bits per heavy atom. The molecule has 0 aromatic carbocycles. The zero-order valence-electron chi connectivity index (χ0n) is 9.55. The van der Waals surface area contributed by atoms with Crippen molar-refractivity contribution in [1.29, 1.82) is 0 Å². The van der Waals surface area contributed by atoms with Crippen LogP contribution in [0.15, 0.2) is 0 Å². The molecule has 2 unspecified atom stereocenters. The average molecular weight is 197 g/mol. The lowest BCUT2D eigenvalue weighted by Crippen LogP contribution is -2.42. The Labute approximate surface area is 85.3 Å². The molecule has 1 fully saturated rings. The predicted octanol–water partition coefficient (Wildman–Crippen LogP) is 1.37. The van der Waals surface area contributed by atoms with Gasteiger partial charge in [0.1, 0.15) is 0 Å². The van der Waals surface area contributed by atoms with E-state index in [1.165, 1.54) is 0 Å². The molecule has 0 radical (unpaired) electrons. The highest BCUT2D eigenvalue weighted by molar-refractivity contribution is 6.39. The molecule has 1 N–H and O–H groups in total. The van der Waals surface area contributed by atoms with Crippen molar-refractivity contribution in [1.82, 2.24) is 5.32 Å². The lowest BCUT2D eigenvalue weighted by Gasteiger charge is -2.32. The first kappa shape index (κ1) is 11.2. The third kappa shape index (κ3) is 1.81. The van der Waals surface area contributed by atoms with Gasteiger partial charge in [0.25, 0.3) is 5.91 Å². The number of ketones is 1. The number of nitrogens with one attached hydrogen (secondary N) is 1. The summed E-state index contributed by atoms with van der Waals surface area (Å²) in [7, 11) is 0. The van der Waals surface area contributed by atoms with E-state index in [-0.39, 0.29) is 29.1 Å². The van der Waals surface area contributed by atoms with Crippen molar-refractivity contribution in [3.05, 3.63) is 0 Å². The molecule has 0 bridgehead atoms. The number of carbonyl (C=O) groups is 2. The summed E-state index contributed by atoms with van der Waals surface area (Å²) < 4.78 is 0. The maximum atomic E-state index is 11.6. The van der Waals surface area contributed by atoms with Gasteiger partial charge in [-0.05, 0) is 11.3 Å². The maximum Gasteiger partial charge on any atom is 0.288 e. The molecular weight excluding hydrogens is 178 g/mol. The first-order valence-corrected chi connectivity index (χ1v) is 5.10. The highest BCUT2D eigenvalue weighted by Crippen LogP contribution is 2.33. The molecule has 1 aliphatic heterocycles. The van der Waals surface area contributed by atoms with E-state index in [1.54, 1.807) is 0 Å². The molecular formula is C11H19NO2. The molecule has 0 aliphatic carbocycles. The Balaban J connectivity index is 2.97. The largest absolute Gasteiger partial charge is 0.345 e. The molecule has 0 aromatic rings. The van der Waals surface area contributed by atoms with Crippen molar-refractivity contribution >= 4 is 11.7 Å². The third-order valence-corrected chi connectivity index (χ3v) is 2.82. The fraction of sp³-hybridized carbons (Fsp3) is 0.818. The number of hydrogen-bond donors (Lipinski definition) is 1. The summed E-state index contributed by atoms with van der Waals surface area (Å²) in [5.41, 5.74) is -0.0588. The van der Waals surface area contributed by atoms with Crippen LogP contribution in [0.2, 0.25) is 0 Å². The first-order valence-electron chi connectivity index (χ1n) is 5.10. The number of hydrogen-bond acceptors (Lipinski definition) is 2. The van der Waals surface area contributed by atoms with Crippen molar-refractivity contribution in [2.45, 2.75) is 40.7 Å². The minimum absolute atomic E-state index is 0.0255. The van der Waals surface area contributed by atoms with Crippen LogP contribution in [0, 0.1) is 17.3 Å². The molecule has 80 valence electrons. The molecule has 14 heavy (non-hydrogen) atoms. The van der Waals surface area contributed by atoms with E-state index in [0.29, 0.717) is 0 Å². The second-order valence-corrected chi connectivity index (χ2v) is 5.45. The predicted molar refractivity (Wildman–Crippen MR) is 54.7 cm³/mol. The Kier molecular flexibility index (Phi) is 2.70. The van der Waals surface area contributed by atoms with Gasteiger partial charge in [0.2, 0.25) is 5.78 Å². The Morgan fingerprint density at radius 2 is 1.71 bits per heavy atom. The maximum absolute atomic E-state index is 11.6. The van der Waals surface area contributed by atoms with Crippen molar-refractivity contribution in [3.8, 4) is 0 Å². The van der Waals surface area contributed by atoms with Gasteiger partial charge in [-0.25, -0.2) is 0 Å². The van der Waals surface area contributed by atoms with Crippen molar-refractivity contribution in [2.24, 2.45) is 17.3 Å². The van der Waals surface area contributed by atoms with Crippen LogP contribution in [0.25, 0.3) is 0 Å². The normalized spacial score (nSPS) is 28.4. The molecule has 1 aliphatic rings. The molecule has 3 heteroatoms. The highest BCUT2D eigenvalue weighted by Gasteiger charge is 2.47. The molecule has 1 rings (SSSR count). The minimum Gasteiger partial charge on any atom is -0.345 e. The van der Waals surface area contributed by atoms with Crippen LogP contribution in [0.3, 0.4) is 0 Å². The highest BCUT2D eigenvalue weighted by atomic mass is 16.2. The molecule has 3 nitrogen and oxygen atoms in total. The van der Waals surface area contributed by atoms with Crippen molar-refractivity contribution < 1.29 is 9.59 Å². The van der Waals surface area contributed by atoms with Crippen LogP contribution in [-0.4, -0.2) is 17.7 Å². The summed E-state index contributed by atoms with van der Waals surface area (Å²) in [6.45, 7) is 10.1. The van der Waals surface area contributed by atoms with Gasteiger partial charge in [-0.15, -0.1) is 0 Å². The minimum atomic E-state index is -0.413. The second-order valence-electron chi connectivity index (χ2n) is 5.45. The Bertz CT molecular complexity index is 263. The van der Waals surface area contributed by atoms with Crippen LogP contribution in [0.5, 0.6) is 0 Å². The van der Waals surface area contributed by atoms with Gasteiger partial charge in [-0.1, -0.05) is 34.6 Å². The third-order valence-electron chi connectivity index (χ3n) is 2.82. The summed E-state index contributed by atoms with van der Waals surface area (Å²) in [5, 5.41) is 2.79.